The van der Waals surface area contributed by atoms with Crippen molar-refractivity contribution in [1.29, 1.82) is 0 Å². The second-order valence-corrected chi connectivity index (χ2v) is 5.76. The van der Waals surface area contributed by atoms with Gasteiger partial charge < -0.3 is 4.90 Å². The Kier molecular flexibility index (Phi) is 3.66. The SMILES string of the molecule is O=C(c1cc(F)ccc1Br)N1CCc2ccc([N+](=O)[O-])cc21. The number of hydrogen-bond donors (Lipinski definition) is 0. The van der Waals surface area contributed by atoms with Crippen molar-refractivity contribution in [1.82, 2.24) is 0 Å². The average molecular weight is 365 g/mol. The number of fused-ring (bicyclic) bond motifs is 1. The van der Waals surface area contributed by atoms with E-state index in [1.807, 2.05) is 0 Å². The fourth-order valence-corrected chi connectivity index (χ4v) is 2.92. The summed E-state index contributed by atoms with van der Waals surface area (Å²) in [6.45, 7) is 0.415. The summed E-state index contributed by atoms with van der Waals surface area (Å²) in [5.74, 6) is -0.893. The van der Waals surface area contributed by atoms with E-state index >= 15 is 0 Å². The predicted octanol–water partition coefficient (Wildman–Crippen LogP) is 3.70. The first kappa shape index (κ1) is 14.6. The van der Waals surface area contributed by atoms with Crippen LogP contribution in [0.25, 0.3) is 0 Å². The van der Waals surface area contributed by atoms with E-state index < -0.39 is 10.7 Å². The summed E-state index contributed by atoms with van der Waals surface area (Å²) in [4.78, 5) is 24.5. The minimum Gasteiger partial charge on any atom is -0.307 e. The number of nitrogens with zero attached hydrogens (tertiary/aromatic N) is 2. The van der Waals surface area contributed by atoms with Crippen molar-refractivity contribution in [3.63, 3.8) is 0 Å². The van der Waals surface area contributed by atoms with Gasteiger partial charge in [-0.25, -0.2) is 4.39 Å². The van der Waals surface area contributed by atoms with Crippen LogP contribution in [0, 0.1) is 15.9 Å². The molecule has 1 heterocycles. The van der Waals surface area contributed by atoms with Gasteiger partial charge in [0.15, 0.2) is 0 Å². The van der Waals surface area contributed by atoms with E-state index in [1.54, 1.807) is 6.07 Å². The van der Waals surface area contributed by atoms with Crippen molar-refractivity contribution in [2.75, 3.05) is 11.4 Å². The van der Waals surface area contributed by atoms with E-state index in [1.165, 1.54) is 29.2 Å². The highest BCUT2D eigenvalue weighted by Crippen LogP contribution is 2.33. The molecule has 0 radical (unpaired) electrons. The van der Waals surface area contributed by atoms with Crippen molar-refractivity contribution in [3.8, 4) is 0 Å². The Labute approximate surface area is 133 Å². The molecule has 0 spiro atoms. The molecule has 0 N–H and O–H groups in total. The van der Waals surface area contributed by atoms with Gasteiger partial charge in [-0.15, -0.1) is 0 Å². The number of hydrogen-bond acceptors (Lipinski definition) is 3. The Morgan fingerprint density at radius 2 is 2.05 bits per heavy atom. The fourth-order valence-electron chi connectivity index (χ4n) is 2.50. The maximum atomic E-state index is 13.4. The maximum absolute atomic E-state index is 13.4. The minimum absolute atomic E-state index is 0.0724. The number of halogens is 2. The molecule has 0 unspecified atom stereocenters. The van der Waals surface area contributed by atoms with Crippen LogP contribution in [0.1, 0.15) is 15.9 Å². The molecule has 7 heteroatoms. The topological polar surface area (TPSA) is 63.5 Å². The second-order valence-electron chi connectivity index (χ2n) is 4.90. The molecule has 2 aromatic rings. The zero-order valence-electron chi connectivity index (χ0n) is 11.3. The van der Waals surface area contributed by atoms with Crippen molar-refractivity contribution >= 4 is 33.2 Å². The molecular weight excluding hydrogens is 355 g/mol. The first-order valence-electron chi connectivity index (χ1n) is 6.51. The van der Waals surface area contributed by atoms with E-state index in [0.29, 0.717) is 23.1 Å². The van der Waals surface area contributed by atoms with Gasteiger partial charge in [-0.1, -0.05) is 6.07 Å². The number of non-ortho nitro benzene ring substituents is 1. The van der Waals surface area contributed by atoms with E-state index in [4.69, 9.17) is 0 Å². The highest BCUT2D eigenvalue weighted by atomic mass is 79.9. The molecule has 1 aliphatic heterocycles. The van der Waals surface area contributed by atoms with Crippen LogP contribution >= 0.6 is 15.9 Å². The van der Waals surface area contributed by atoms with E-state index in [9.17, 15) is 19.3 Å². The van der Waals surface area contributed by atoms with Gasteiger partial charge in [0.25, 0.3) is 11.6 Å². The number of amides is 1. The number of carbonyl (C=O) groups is 1. The Bertz CT molecular complexity index is 794. The first-order valence-corrected chi connectivity index (χ1v) is 7.31. The average Bonchev–Trinajstić information content (AvgIpc) is 2.92. The Hall–Kier alpha value is -2.28. The number of rotatable bonds is 2. The van der Waals surface area contributed by atoms with Gasteiger partial charge in [-0.2, -0.15) is 0 Å². The van der Waals surface area contributed by atoms with Crippen LogP contribution in [0.15, 0.2) is 40.9 Å². The third-order valence-corrected chi connectivity index (χ3v) is 4.27. The van der Waals surface area contributed by atoms with Crippen molar-refractivity contribution < 1.29 is 14.1 Å². The highest BCUT2D eigenvalue weighted by molar-refractivity contribution is 9.10. The Morgan fingerprint density at radius 3 is 2.77 bits per heavy atom. The van der Waals surface area contributed by atoms with Crippen LogP contribution in [-0.4, -0.2) is 17.4 Å². The molecule has 0 fully saturated rings. The Balaban J connectivity index is 2.02. The number of benzene rings is 2. The second kappa shape index (κ2) is 5.49. The lowest BCUT2D eigenvalue weighted by atomic mass is 10.1. The van der Waals surface area contributed by atoms with Crippen molar-refractivity contribution in [2.24, 2.45) is 0 Å². The van der Waals surface area contributed by atoms with Crippen LogP contribution in [0.2, 0.25) is 0 Å². The predicted molar refractivity (Wildman–Crippen MR) is 82.6 cm³/mol. The fraction of sp³-hybridized carbons (Fsp3) is 0.133. The molecule has 2 aromatic carbocycles. The number of nitro groups is 1. The monoisotopic (exact) mass is 364 g/mol. The van der Waals surface area contributed by atoms with Gasteiger partial charge in [-0.3, -0.25) is 14.9 Å². The molecular formula is C15H10BrFN2O3. The van der Waals surface area contributed by atoms with Crippen LogP contribution < -0.4 is 4.90 Å². The Morgan fingerprint density at radius 1 is 1.27 bits per heavy atom. The number of nitro benzene ring substituents is 1. The zero-order valence-corrected chi connectivity index (χ0v) is 12.8. The van der Waals surface area contributed by atoms with E-state index in [-0.39, 0.29) is 17.2 Å². The molecule has 0 bridgehead atoms. The molecule has 112 valence electrons. The molecule has 5 nitrogen and oxygen atoms in total. The van der Waals surface area contributed by atoms with Gasteiger partial charge in [0.1, 0.15) is 5.82 Å². The number of anilines is 1. The molecule has 1 aliphatic rings. The van der Waals surface area contributed by atoms with Crippen molar-refractivity contribution in [3.05, 3.63) is 67.9 Å². The van der Waals surface area contributed by atoms with E-state index in [0.717, 1.165) is 11.6 Å². The summed E-state index contributed by atoms with van der Waals surface area (Å²) in [5, 5.41) is 10.9. The van der Waals surface area contributed by atoms with Gasteiger partial charge in [-0.05, 0) is 46.1 Å². The minimum atomic E-state index is -0.509. The lowest BCUT2D eigenvalue weighted by molar-refractivity contribution is -0.384. The molecule has 22 heavy (non-hydrogen) atoms. The van der Waals surface area contributed by atoms with Gasteiger partial charge in [0.2, 0.25) is 0 Å². The van der Waals surface area contributed by atoms with Crippen LogP contribution in [-0.2, 0) is 6.42 Å². The summed E-state index contributed by atoms with van der Waals surface area (Å²) < 4.78 is 13.9. The first-order chi connectivity index (χ1) is 10.5. The summed E-state index contributed by atoms with van der Waals surface area (Å²) in [5.41, 5.74) is 1.50. The van der Waals surface area contributed by atoms with Gasteiger partial charge >= 0.3 is 0 Å². The maximum Gasteiger partial charge on any atom is 0.271 e. The standard InChI is InChI=1S/C15H10BrFN2O3/c16-13-4-2-10(17)7-12(13)15(20)18-6-5-9-1-3-11(19(21)22)8-14(9)18/h1-4,7-8H,5-6H2. The normalized spacial score (nSPS) is 13.1. The van der Waals surface area contributed by atoms with Crippen LogP contribution in [0.5, 0.6) is 0 Å². The lowest BCUT2D eigenvalue weighted by Gasteiger charge is -2.18. The summed E-state index contributed by atoms with van der Waals surface area (Å²) >= 11 is 3.23. The molecule has 0 atom stereocenters. The zero-order chi connectivity index (χ0) is 15.9. The van der Waals surface area contributed by atoms with Crippen LogP contribution in [0.3, 0.4) is 0 Å². The smallest absolute Gasteiger partial charge is 0.271 e. The summed E-state index contributed by atoms with van der Waals surface area (Å²) in [6.07, 6.45) is 0.617. The molecule has 0 saturated heterocycles. The van der Waals surface area contributed by atoms with Gasteiger partial charge in [0.05, 0.1) is 16.2 Å². The molecule has 0 aliphatic carbocycles. The van der Waals surface area contributed by atoms with E-state index in [2.05, 4.69) is 15.9 Å². The molecule has 3 rings (SSSR count). The quantitative estimate of drug-likeness (QED) is 0.602. The third-order valence-electron chi connectivity index (χ3n) is 3.58. The highest BCUT2D eigenvalue weighted by Gasteiger charge is 2.28. The van der Waals surface area contributed by atoms with Crippen molar-refractivity contribution in [2.45, 2.75) is 6.42 Å². The molecule has 1 amide bonds. The summed E-state index contributed by atoms with van der Waals surface area (Å²) in [7, 11) is 0. The summed E-state index contributed by atoms with van der Waals surface area (Å²) in [6, 6.07) is 8.33. The van der Waals surface area contributed by atoms with Crippen LogP contribution in [0.4, 0.5) is 15.8 Å². The molecule has 0 aromatic heterocycles. The largest absolute Gasteiger partial charge is 0.307 e. The lowest BCUT2D eigenvalue weighted by Crippen LogP contribution is -2.29. The molecule has 0 saturated carbocycles. The van der Waals surface area contributed by atoms with Gasteiger partial charge in [0, 0.05) is 23.2 Å². The number of carbonyl (C=O) groups excluding carboxylic acids is 1. The third kappa shape index (κ3) is 2.48.